The predicted octanol–water partition coefficient (Wildman–Crippen LogP) is 4.73. The fraction of sp³-hybridized carbons (Fsp3) is 0.100. The maximum Gasteiger partial charge on any atom is 0.139 e. The highest BCUT2D eigenvalue weighted by Crippen LogP contribution is 2.35. The smallest absolute Gasteiger partial charge is 0.139 e. The number of aliphatic hydroxyl groups excluding tert-OH is 1. The number of halogens is 1. The Labute approximate surface area is 159 Å². The van der Waals surface area contributed by atoms with Gasteiger partial charge in [0.15, 0.2) is 0 Å². The Balaban J connectivity index is 1.64. The molecule has 0 saturated heterocycles. The maximum absolute atomic E-state index is 13.1. The Bertz CT molecular complexity index is 1070. The molecule has 0 spiro atoms. The van der Waals surface area contributed by atoms with Gasteiger partial charge in [-0.3, -0.25) is 5.41 Å². The van der Waals surface area contributed by atoms with E-state index < -0.39 is 0 Å². The monoisotopic (exact) mass is 381 g/mol. The zero-order valence-corrected chi connectivity index (χ0v) is 15.2. The molecule has 0 aliphatic carbocycles. The molecule has 1 aliphatic heterocycles. The van der Waals surface area contributed by atoms with Crippen LogP contribution in [0.25, 0.3) is 16.8 Å². The van der Waals surface area contributed by atoms with Crippen LogP contribution in [0.1, 0.15) is 10.6 Å². The molecule has 0 radical (unpaired) electrons. The van der Waals surface area contributed by atoms with E-state index >= 15 is 0 Å². The van der Waals surface area contributed by atoms with Crippen molar-refractivity contribution in [2.45, 2.75) is 6.92 Å². The lowest BCUT2D eigenvalue weighted by Crippen LogP contribution is -2.25. The molecular weight excluding hydrogens is 365 g/mol. The SMILES string of the molecule is Cc1ccc(N2CC(O)=C(c3nc(-c4ccc(F)cc4)cs3)C2=N)cc1O. The molecule has 1 aromatic heterocycles. The number of nitrogens with one attached hydrogen (secondary N) is 1. The van der Waals surface area contributed by atoms with E-state index in [1.807, 2.05) is 5.38 Å². The molecule has 136 valence electrons. The Morgan fingerprint density at radius 3 is 2.59 bits per heavy atom. The van der Waals surface area contributed by atoms with Gasteiger partial charge in [0, 0.05) is 22.7 Å². The second-order valence-corrected chi connectivity index (χ2v) is 7.13. The molecule has 0 bridgehead atoms. The molecule has 4 rings (SSSR count). The van der Waals surface area contributed by atoms with Gasteiger partial charge < -0.3 is 15.1 Å². The first-order valence-corrected chi connectivity index (χ1v) is 9.12. The van der Waals surface area contributed by atoms with Crippen LogP contribution in [0.4, 0.5) is 10.1 Å². The summed E-state index contributed by atoms with van der Waals surface area (Å²) in [5.41, 5.74) is 3.16. The highest BCUT2D eigenvalue weighted by Gasteiger charge is 2.31. The molecule has 0 atom stereocenters. The number of thiazole rings is 1. The third-order valence-electron chi connectivity index (χ3n) is 4.47. The van der Waals surface area contributed by atoms with Gasteiger partial charge in [0.1, 0.15) is 28.2 Å². The third-order valence-corrected chi connectivity index (χ3v) is 5.33. The van der Waals surface area contributed by atoms with Gasteiger partial charge in [-0.1, -0.05) is 6.07 Å². The molecule has 3 N–H and O–H groups in total. The van der Waals surface area contributed by atoms with Crippen LogP contribution in [0.3, 0.4) is 0 Å². The first kappa shape index (κ1) is 17.2. The number of aliphatic hydroxyl groups is 1. The first-order valence-electron chi connectivity index (χ1n) is 8.24. The van der Waals surface area contributed by atoms with Gasteiger partial charge in [-0.05, 0) is 42.8 Å². The number of aromatic hydroxyl groups is 1. The van der Waals surface area contributed by atoms with Crippen LogP contribution in [0.5, 0.6) is 5.75 Å². The van der Waals surface area contributed by atoms with Crippen molar-refractivity contribution in [3.05, 3.63) is 70.0 Å². The lowest BCUT2D eigenvalue weighted by atomic mass is 10.1. The zero-order valence-electron chi connectivity index (χ0n) is 14.4. The van der Waals surface area contributed by atoms with E-state index in [1.165, 1.54) is 23.5 Å². The van der Waals surface area contributed by atoms with Crippen molar-refractivity contribution in [1.29, 1.82) is 5.41 Å². The summed E-state index contributed by atoms with van der Waals surface area (Å²) in [6, 6.07) is 11.2. The molecule has 0 saturated carbocycles. The molecule has 27 heavy (non-hydrogen) atoms. The molecule has 1 aliphatic rings. The van der Waals surface area contributed by atoms with Gasteiger partial charge in [0.05, 0.1) is 17.8 Å². The Kier molecular flexibility index (Phi) is 4.16. The molecule has 0 fully saturated rings. The van der Waals surface area contributed by atoms with Crippen LogP contribution in [0.15, 0.2) is 53.6 Å². The highest BCUT2D eigenvalue weighted by molar-refractivity contribution is 7.11. The summed E-state index contributed by atoms with van der Waals surface area (Å²) in [6.07, 6.45) is 0. The number of nitrogens with zero attached hydrogens (tertiary/aromatic N) is 2. The minimum Gasteiger partial charge on any atom is -0.510 e. The standard InChI is InChI=1S/C20H16FN3O2S/c1-11-2-7-14(8-16(11)25)24-9-17(26)18(19(24)22)20-23-15(10-27-20)12-3-5-13(21)6-4-12/h2-8,10,22,25-26H,9H2,1H3. The lowest BCUT2D eigenvalue weighted by Gasteiger charge is -2.19. The van der Waals surface area contributed by atoms with Crippen molar-refractivity contribution in [2.24, 2.45) is 0 Å². The number of phenolic OH excluding ortho intramolecular Hbond substituents is 1. The number of aromatic nitrogens is 1. The normalized spacial score (nSPS) is 14.3. The Morgan fingerprint density at radius 2 is 1.89 bits per heavy atom. The van der Waals surface area contributed by atoms with E-state index in [-0.39, 0.29) is 29.7 Å². The second-order valence-electron chi connectivity index (χ2n) is 6.27. The van der Waals surface area contributed by atoms with Crippen molar-refractivity contribution in [3.8, 4) is 17.0 Å². The van der Waals surface area contributed by atoms with Crippen LogP contribution in [-0.2, 0) is 0 Å². The van der Waals surface area contributed by atoms with Gasteiger partial charge in [0.25, 0.3) is 0 Å². The quantitative estimate of drug-likeness (QED) is 0.613. The third kappa shape index (κ3) is 3.06. The van der Waals surface area contributed by atoms with Gasteiger partial charge >= 0.3 is 0 Å². The van der Waals surface area contributed by atoms with Crippen LogP contribution in [-0.4, -0.2) is 27.6 Å². The largest absolute Gasteiger partial charge is 0.510 e. The molecular formula is C20H16FN3O2S. The Morgan fingerprint density at radius 1 is 1.15 bits per heavy atom. The molecule has 7 heteroatoms. The topological polar surface area (TPSA) is 80.4 Å². The van der Waals surface area contributed by atoms with Crippen molar-refractivity contribution >= 4 is 28.4 Å². The van der Waals surface area contributed by atoms with Crippen molar-refractivity contribution in [1.82, 2.24) is 4.98 Å². The van der Waals surface area contributed by atoms with Gasteiger partial charge in [-0.25, -0.2) is 9.37 Å². The van der Waals surface area contributed by atoms with E-state index in [0.29, 0.717) is 22.0 Å². The van der Waals surface area contributed by atoms with Gasteiger partial charge in [-0.2, -0.15) is 0 Å². The number of phenols is 1. The average Bonchev–Trinajstić information content (AvgIpc) is 3.22. The molecule has 2 heterocycles. The number of amidine groups is 1. The van der Waals surface area contributed by atoms with E-state index in [9.17, 15) is 14.6 Å². The van der Waals surface area contributed by atoms with E-state index in [4.69, 9.17) is 5.41 Å². The fourth-order valence-electron chi connectivity index (χ4n) is 2.93. The number of aryl methyl sites for hydroxylation is 1. The summed E-state index contributed by atoms with van der Waals surface area (Å²) in [7, 11) is 0. The van der Waals surface area contributed by atoms with Crippen LogP contribution >= 0.6 is 11.3 Å². The summed E-state index contributed by atoms with van der Waals surface area (Å²) in [4.78, 5) is 6.13. The average molecular weight is 381 g/mol. The van der Waals surface area contributed by atoms with Crippen molar-refractivity contribution < 1.29 is 14.6 Å². The highest BCUT2D eigenvalue weighted by atomic mass is 32.1. The van der Waals surface area contributed by atoms with Gasteiger partial charge in [0.2, 0.25) is 0 Å². The number of benzene rings is 2. The molecule has 0 amide bonds. The second kappa shape index (κ2) is 6.51. The summed E-state index contributed by atoms with van der Waals surface area (Å²) in [5.74, 6) is 0.000957. The summed E-state index contributed by atoms with van der Waals surface area (Å²) < 4.78 is 13.1. The van der Waals surface area contributed by atoms with Crippen LogP contribution in [0, 0.1) is 18.2 Å². The predicted molar refractivity (Wildman–Crippen MR) is 105 cm³/mol. The van der Waals surface area contributed by atoms with Crippen molar-refractivity contribution in [2.75, 3.05) is 11.4 Å². The first-order chi connectivity index (χ1) is 12.9. The summed E-state index contributed by atoms with van der Waals surface area (Å²) in [6.45, 7) is 1.93. The fourth-order valence-corrected chi connectivity index (χ4v) is 3.83. The molecule has 5 nitrogen and oxygen atoms in total. The summed E-state index contributed by atoms with van der Waals surface area (Å²) >= 11 is 1.32. The number of hydrogen-bond donors (Lipinski definition) is 3. The minimum atomic E-state index is -0.316. The van der Waals surface area contributed by atoms with Crippen LogP contribution < -0.4 is 4.90 Å². The molecule has 0 unspecified atom stereocenters. The van der Waals surface area contributed by atoms with Gasteiger partial charge in [-0.15, -0.1) is 11.3 Å². The molecule has 2 aromatic carbocycles. The number of rotatable bonds is 3. The summed E-state index contributed by atoms with van der Waals surface area (Å²) in [5, 5.41) is 31.2. The number of anilines is 1. The minimum absolute atomic E-state index is 0.0556. The Hall–Kier alpha value is -3.19. The van der Waals surface area contributed by atoms with Crippen LogP contribution in [0.2, 0.25) is 0 Å². The van der Waals surface area contributed by atoms with E-state index in [0.717, 1.165) is 11.1 Å². The van der Waals surface area contributed by atoms with Crippen molar-refractivity contribution in [3.63, 3.8) is 0 Å². The lowest BCUT2D eigenvalue weighted by molar-refractivity contribution is 0.411. The number of hydrogen-bond acceptors (Lipinski definition) is 5. The maximum atomic E-state index is 13.1. The van der Waals surface area contributed by atoms with E-state index in [1.54, 1.807) is 42.2 Å². The molecule has 3 aromatic rings. The zero-order chi connectivity index (χ0) is 19.1. The van der Waals surface area contributed by atoms with E-state index in [2.05, 4.69) is 4.98 Å².